The van der Waals surface area contributed by atoms with E-state index in [0.29, 0.717) is 18.3 Å². The van der Waals surface area contributed by atoms with Gasteiger partial charge >= 0.3 is 5.97 Å². The lowest BCUT2D eigenvalue weighted by Crippen LogP contribution is -2.27. The molecule has 2 heterocycles. The average molecular weight is 659 g/mol. The molecule has 0 aliphatic heterocycles. The second-order valence-corrected chi connectivity index (χ2v) is 13.2. The van der Waals surface area contributed by atoms with Gasteiger partial charge in [-0.1, -0.05) is 106 Å². The predicted octanol–water partition coefficient (Wildman–Crippen LogP) is 12.2. The number of nitrogens with zero attached hydrogens (tertiary/aromatic N) is 6. The van der Waals surface area contributed by atoms with Gasteiger partial charge in [-0.25, -0.2) is 9.78 Å². The Bertz CT molecular complexity index is 1510. The summed E-state index contributed by atoms with van der Waals surface area (Å²) in [6.45, 7) is 9.44. The zero-order valence-electron chi connectivity index (χ0n) is 27.2. The van der Waals surface area contributed by atoms with Crippen molar-refractivity contribution in [3.63, 3.8) is 0 Å². The minimum Gasteiger partial charge on any atom is -0.461 e. The van der Waals surface area contributed by atoms with Crippen LogP contribution in [0, 0.1) is 0 Å². The maximum Gasteiger partial charge on any atom is 0.330 e. The first kappa shape index (κ1) is 35.1. The number of thiazole rings is 1. The Kier molecular flexibility index (Phi) is 15.0. The molecule has 2 aromatic heterocycles. The number of likely N-dealkylation sites (N-methyl/N-ethyl adjacent to an activating group) is 1. The van der Waals surface area contributed by atoms with E-state index in [0.717, 1.165) is 44.6 Å². The molecule has 4 rings (SSSR count). The molecule has 4 aromatic rings. The topological polar surface area (TPSA) is 91.9 Å². The Morgan fingerprint density at radius 2 is 1.46 bits per heavy atom. The van der Waals surface area contributed by atoms with Gasteiger partial charge in [0.15, 0.2) is 0 Å². The van der Waals surface area contributed by atoms with Crippen molar-refractivity contribution in [2.45, 2.75) is 84.5 Å². The van der Waals surface area contributed by atoms with Crippen LogP contribution < -0.4 is 4.90 Å². The van der Waals surface area contributed by atoms with Crippen molar-refractivity contribution >= 4 is 65.4 Å². The largest absolute Gasteiger partial charge is 0.461 e. The summed E-state index contributed by atoms with van der Waals surface area (Å²) in [7, 11) is 0. The number of ether oxygens (including phenoxy) is 1. The molecule has 0 aliphatic carbocycles. The van der Waals surface area contributed by atoms with Crippen molar-refractivity contribution in [1.29, 1.82) is 0 Å². The molecule has 46 heavy (non-hydrogen) atoms. The fourth-order valence-corrected chi connectivity index (χ4v) is 6.92. The highest BCUT2D eigenvalue weighted by atomic mass is 32.1. The molecule has 0 unspecified atom stereocenters. The number of unbranched alkanes of at least 4 members (excludes halogenated alkanes) is 9. The molecule has 0 N–H and O–H groups in total. The number of benzene rings is 2. The van der Waals surface area contributed by atoms with Gasteiger partial charge in [-0.3, -0.25) is 0 Å². The molecule has 2 aromatic carbocycles. The summed E-state index contributed by atoms with van der Waals surface area (Å²) in [6, 6.07) is 18.2. The molecule has 8 nitrogen and oxygen atoms in total. The van der Waals surface area contributed by atoms with Crippen molar-refractivity contribution in [3.8, 4) is 0 Å². The molecule has 0 bridgehead atoms. The smallest absolute Gasteiger partial charge is 0.330 e. The summed E-state index contributed by atoms with van der Waals surface area (Å²) < 4.78 is 6.12. The van der Waals surface area contributed by atoms with E-state index < -0.39 is 5.97 Å². The highest BCUT2D eigenvalue weighted by Crippen LogP contribution is 2.39. The number of aryl methyl sites for hydroxylation is 1. The number of azo groups is 2. The Morgan fingerprint density at radius 3 is 2.09 bits per heavy atom. The zero-order valence-corrected chi connectivity index (χ0v) is 28.8. The number of carbonyl (C=O) groups is 1. The Morgan fingerprint density at radius 1 is 0.826 bits per heavy atom. The predicted molar refractivity (Wildman–Crippen MR) is 193 cm³/mol. The fourth-order valence-electron chi connectivity index (χ4n) is 5.07. The Balaban J connectivity index is 1.19. The maximum absolute atomic E-state index is 11.3. The molecular formula is C36H46N6O2S2. The van der Waals surface area contributed by atoms with E-state index in [1.807, 2.05) is 30.3 Å². The molecule has 0 saturated carbocycles. The number of carbonyl (C=O) groups excluding carboxylic acids is 1. The lowest BCUT2D eigenvalue weighted by molar-refractivity contribution is -0.137. The molecule has 0 radical (unpaired) electrons. The minimum absolute atomic E-state index is 0.303. The number of aromatic nitrogens is 1. The van der Waals surface area contributed by atoms with E-state index in [1.165, 1.54) is 98.5 Å². The van der Waals surface area contributed by atoms with Gasteiger partial charge in [0.25, 0.3) is 0 Å². The van der Waals surface area contributed by atoms with Crippen LogP contribution in [0.2, 0.25) is 0 Å². The van der Waals surface area contributed by atoms with Gasteiger partial charge in [0.05, 0.1) is 22.6 Å². The summed E-state index contributed by atoms with van der Waals surface area (Å²) in [5.41, 5.74) is 3.98. The van der Waals surface area contributed by atoms with Gasteiger partial charge in [-0.05, 0) is 67.8 Å². The second kappa shape index (κ2) is 19.7. The van der Waals surface area contributed by atoms with E-state index in [-0.39, 0.29) is 0 Å². The molecule has 10 heteroatoms. The van der Waals surface area contributed by atoms with Gasteiger partial charge < -0.3 is 9.64 Å². The van der Waals surface area contributed by atoms with E-state index in [4.69, 9.17) is 4.74 Å². The van der Waals surface area contributed by atoms with Crippen LogP contribution in [-0.4, -0.2) is 30.6 Å². The molecule has 0 atom stereocenters. The number of thiophene rings is 1. The lowest BCUT2D eigenvalue weighted by atomic mass is 10.0. The van der Waals surface area contributed by atoms with Gasteiger partial charge in [-0.2, -0.15) is 0 Å². The third kappa shape index (κ3) is 11.9. The van der Waals surface area contributed by atoms with Crippen LogP contribution in [0.1, 0.15) is 83.6 Å². The molecule has 0 amide bonds. The first-order valence-corrected chi connectivity index (χ1v) is 18.2. The average Bonchev–Trinajstić information content (AvgIpc) is 3.65. The molecule has 0 fully saturated rings. The SMILES string of the molecule is C=CC(=O)OCCN(CC)c1ccc(/N=N/c2nc3sc(/N=N/c4ccc(CCCCCCCCCCCC)cc4)cc3s2)cc1. The van der Waals surface area contributed by atoms with Crippen LogP contribution in [0.3, 0.4) is 0 Å². The van der Waals surface area contributed by atoms with Crippen molar-refractivity contribution in [3.05, 3.63) is 72.8 Å². The number of esters is 1. The van der Waals surface area contributed by atoms with Crippen molar-refractivity contribution in [2.75, 3.05) is 24.6 Å². The summed E-state index contributed by atoms with van der Waals surface area (Å²) in [5.74, 6) is -0.412. The van der Waals surface area contributed by atoms with Gasteiger partial charge in [-0.15, -0.1) is 20.5 Å². The van der Waals surface area contributed by atoms with Crippen molar-refractivity contribution in [2.24, 2.45) is 20.5 Å². The van der Waals surface area contributed by atoms with Crippen LogP contribution >= 0.6 is 22.7 Å². The molecule has 0 aliphatic rings. The number of hydrogen-bond acceptors (Lipinski definition) is 10. The summed E-state index contributed by atoms with van der Waals surface area (Å²) in [4.78, 5) is 18.9. The normalized spacial score (nSPS) is 11.6. The molecule has 244 valence electrons. The fraction of sp³-hybridized carbons (Fsp3) is 0.444. The van der Waals surface area contributed by atoms with Crippen molar-refractivity contribution in [1.82, 2.24) is 4.98 Å². The lowest BCUT2D eigenvalue weighted by Gasteiger charge is -2.22. The van der Waals surface area contributed by atoms with Crippen LogP contribution in [0.25, 0.3) is 9.53 Å². The first-order valence-electron chi connectivity index (χ1n) is 16.5. The number of fused-ring (bicyclic) bond motifs is 1. The standard InChI is InChI=1S/C36H46N6O2S2/c1-4-7-8-9-10-11-12-13-14-15-16-28-17-19-29(20-18-28)38-40-33-27-32-35(46-33)37-36(45-32)41-39-30-21-23-31(24-22-30)42(6-3)25-26-44-34(43)5-2/h5,17-24,27H,2,4,6-16,25-26H2,1,3H3/b40-38+,41-39+. The second-order valence-electron chi connectivity index (χ2n) is 11.2. The Hall–Kier alpha value is -3.76. The van der Waals surface area contributed by atoms with Gasteiger partial charge in [0.1, 0.15) is 16.4 Å². The monoisotopic (exact) mass is 658 g/mol. The third-order valence-corrected chi connectivity index (χ3v) is 9.63. The zero-order chi connectivity index (χ0) is 32.4. The number of hydrogen-bond donors (Lipinski definition) is 0. The minimum atomic E-state index is -0.412. The van der Waals surface area contributed by atoms with Crippen LogP contribution in [0.5, 0.6) is 0 Å². The van der Waals surface area contributed by atoms with E-state index in [1.54, 1.807) is 0 Å². The summed E-state index contributed by atoms with van der Waals surface area (Å²) >= 11 is 2.98. The third-order valence-electron chi connectivity index (χ3n) is 7.70. The van der Waals surface area contributed by atoms with Crippen LogP contribution in [0.15, 0.2) is 87.7 Å². The molecule has 0 saturated heterocycles. The highest BCUT2D eigenvalue weighted by Gasteiger charge is 2.09. The maximum atomic E-state index is 11.3. The summed E-state index contributed by atoms with van der Waals surface area (Å²) in [6.07, 6.45) is 15.9. The van der Waals surface area contributed by atoms with E-state index in [2.05, 4.69) is 75.0 Å². The first-order chi connectivity index (χ1) is 22.6. The number of rotatable bonds is 21. The van der Waals surface area contributed by atoms with Gasteiger partial charge in [0, 0.05) is 18.3 Å². The van der Waals surface area contributed by atoms with E-state index >= 15 is 0 Å². The number of anilines is 1. The van der Waals surface area contributed by atoms with Crippen molar-refractivity contribution < 1.29 is 9.53 Å². The van der Waals surface area contributed by atoms with Crippen LogP contribution in [-0.2, 0) is 16.0 Å². The summed E-state index contributed by atoms with van der Waals surface area (Å²) in [5, 5.41) is 19.0. The molecule has 0 spiro atoms. The van der Waals surface area contributed by atoms with Crippen LogP contribution in [0.4, 0.5) is 27.2 Å². The van der Waals surface area contributed by atoms with E-state index in [9.17, 15) is 4.79 Å². The Labute approximate surface area is 281 Å². The van der Waals surface area contributed by atoms with Gasteiger partial charge in [0.2, 0.25) is 5.13 Å². The quantitative estimate of drug-likeness (QED) is 0.0385. The molecular weight excluding hydrogens is 613 g/mol. The highest BCUT2D eigenvalue weighted by molar-refractivity contribution is 7.30.